The summed E-state index contributed by atoms with van der Waals surface area (Å²) in [5.74, 6) is -4.83. The van der Waals surface area contributed by atoms with Gasteiger partial charge in [-0.3, -0.25) is 19.3 Å². The van der Waals surface area contributed by atoms with E-state index < -0.39 is 77.5 Å². The van der Waals surface area contributed by atoms with Crippen LogP contribution in [0.3, 0.4) is 0 Å². The summed E-state index contributed by atoms with van der Waals surface area (Å²) >= 11 is 0. The Morgan fingerprint density at radius 1 is 0.811 bits per heavy atom. The van der Waals surface area contributed by atoms with E-state index in [9.17, 15) is 32.8 Å². The van der Waals surface area contributed by atoms with Gasteiger partial charge in [0.1, 0.15) is 35.8 Å². The smallest absolute Gasteiger partial charge is 0.410 e. The Balaban J connectivity index is 1.52. The number of carbonyl (C=O) groups is 5. The van der Waals surface area contributed by atoms with Crippen LogP contribution in [0.2, 0.25) is 0 Å². The third-order valence-corrected chi connectivity index (χ3v) is 9.94. The Kier molecular flexibility index (Phi) is 12.2. The van der Waals surface area contributed by atoms with E-state index in [4.69, 9.17) is 9.47 Å². The minimum atomic E-state index is -1.38. The van der Waals surface area contributed by atoms with Gasteiger partial charge in [0.25, 0.3) is 0 Å². The molecule has 1 saturated heterocycles. The molecule has 2 aliphatic rings. The zero-order valence-electron chi connectivity index (χ0n) is 30.7. The highest BCUT2D eigenvalue weighted by molar-refractivity contribution is 5.96. The number of hydrogen-bond acceptors (Lipinski definition) is 7. The van der Waals surface area contributed by atoms with Gasteiger partial charge in [-0.05, 0) is 64.6 Å². The van der Waals surface area contributed by atoms with Gasteiger partial charge < -0.3 is 25.0 Å². The third kappa shape index (κ3) is 8.18. The van der Waals surface area contributed by atoms with Crippen molar-refractivity contribution in [2.45, 2.75) is 77.2 Å². The van der Waals surface area contributed by atoms with Gasteiger partial charge in [-0.1, -0.05) is 76.2 Å². The number of halogens is 2. The summed E-state index contributed by atoms with van der Waals surface area (Å²) in [6, 6.07) is 12.6. The SMILES string of the molecule is COC(=O)[C@@H](NC(=O)[C@@H](NC(=O)[C@@H]1CCCN1C(=O)[C@H](Cc1cc(F)cc(F)c1)N(C(=O)OC)C1c2ccccc2-c2ccccc21)C(C)C)C(C)C. The fourth-order valence-electron chi connectivity index (χ4n) is 7.35. The monoisotopic (exact) mass is 732 g/mol. The molecule has 2 N–H and O–H groups in total. The molecule has 1 aliphatic heterocycles. The second kappa shape index (κ2) is 16.6. The zero-order valence-corrected chi connectivity index (χ0v) is 30.7. The van der Waals surface area contributed by atoms with Crippen LogP contribution in [0.25, 0.3) is 11.1 Å². The van der Waals surface area contributed by atoms with Crippen LogP contribution in [0.15, 0.2) is 66.7 Å². The maximum Gasteiger partial charge on any atom is 0.410 e. The van der Waals surface area contributed by atoms with Gasteiger partial charge in [0.2, 0.25) is 17.7 Å². The van der Waals surface area contributed by atoms with Crippen molar-refractivity contribution in [3.8, 4) is 11.1 Å². The van der Waals surface area contributed by atoms with E-state index in [2.05, 4.69) is 10.6 Å². The Morgan fingerprint density at radius 2 is 1.38 bits per heavy atom. The molecule has 3 aromatic rings. The first-order valence-corrected chi connectivity index (χ1v) is 17.8. The summed E-state index contributed by atoms with van der Waals surface area (Å²) in [5, 5.41) is 5.48. The van der Waals surface area contributed by atoms with Crippen LogP contribution in [0, 0.1) is 23.5 Å². The van der Waals surface area contributed by atoms with Crippen LogP contribution >= 0.6 is 0 Å². The lowest BCUT2D eigenvalue weighted by Gasteiger charge is -2.38. The van der Waals surface area contributed by atoms with Crippen molar-refractivity contribution in [1.29, 1.82) is 0 Å². The Hall–Kier alpha value is -5.33. The first-order valence-electron chi connectivity index (χ1n) is 17.8. The Labute approximate surface area is 308 Å². The topological polar surface area (TPSA) is 134 Å². The number of amides is 4. The summed E-state index contributed by atoms with van der Waals surface area (Å²) in [6.45, 7) is 7.13. The lowest BCUT2D eigenvalue weighted by molar-refractivity contribution is -0.147. The van der Waals surface area contributed by atoms with Gasteiger partial charge >= 0.3 is 12.1 Å². The van der Waals surface area contributed by atoms with Crippen LogP contribution in [-0.4, -0.2) is 84.5 Å². The average molecular weight is 733 g/mol. The number of nitrogens with zero attached hydrogens (tertiary/aromatic N) is 2. The molecule has 0 spiro atoms. The van der Waals surface area contributed by atoms with E-state index in [1.165, 1.54) is 24.0 Å². The molecule has 13 heteroatoms. The van der Waals surface area contributed by atoms with E-state index in [1.54, 1.807) is 27.7 Å². The van der Waals surface area contributed by atoms with Crippen molar-refractivity contribution in [3.05, 3.63) is 95.1 Å². The first-order chi connectivity index (χ1) is 25.3. The number of esters is 1. The fraction of sp³-hybridized carbons (Fsp3) is 0.425. The molecule has 1 heterocycles. The molecule has 0 unspecified atom stereocenters. The number of fused-ring (bicyclic) bond motifs is 3. The normalized spacial score (nSPS) is 16.7. The fourth-order valence-corrected chi connectivity index (χ4v) is 7.35. The van der Waals surface area contributed by atoms with Crippen LogP contribution in [-0.2, 0) is 35.1 Å². The number of carbonyl (C=O) groups excluding carboxylic acids is 5. The molecule has 11 nitrogen and oxygen atoms in total. The second-order valence-electron chi connectivity index (χ2n) is 14.1. The number of nitrogens with one attached hydrogen (secondary N) is 2. The van der Waals surface area contributed by atoms with E-state index in [1.807, 2.05) is 48.5 Å². The van der Waals surface area contributed by atoms with Crippen LogP contribution < -0.4 is 10.6 Å². The molecule has 0 saturated carbocycles. The molecule has 1 aliphatic carbocycles. The molecular weight excluding hydrogens is 686 g/mol. The van der Waals surface area contributed by atoms with Gasteiger partial charge in [-0.2, -0.15) is 0 Å². The second-order valence-corrected chi connectivity index (χ2v) is 14.1. The van der Waals surface area contributed by atoms with E-state index in [0.717, 1.165) is 40.5 Å². The highest BCUT2D eigenvalue weighted by Crippen LogP contribution is 2.47. The first kappa shape index (κ1) is 38.9. The van der Waals surface area contributed by atoms with Gasteiger partial charge in [0.05, 0.1) is 20.3 Å². The highest BCUT2D eigenvalue weighted by atomic mass is 19.1. The molecule has 4 atom stereocenters. The van der Waals surface area contributed by atoms with Crippen molar-refractivity contribution in [3.63, 3.8) is 0 Å². The molecule has 5 rings (SSSR count). The predicted molar refractivity (Wildman–Crippen MR) is 192 cm³/mol. The number of ether oxygens (including phenoxy) is 2. The highest BCUT2D eigenvalue weighted by Gasteiger charge is 2.46. The van der Waals surface area contributed by atoms with Crippen LogP contribution in [0.1, 0.15) is 63.3 Å². The maximum atomic E-state index is 14.9. The van der Waals surface area contributed by atoms with Crippen molar-refractivity contribution in [1.82, 2.24) is 20.4 Å². The minimum Gasteiger partial charge on any atom is -0.467 e. The summed E-state index contributed by atoms with van der Waals surface area (Å²) in [7, 11) is 2.42. The molecule has 3 aromatic carbocycles. The number of rotatable bonds is 12. The maximum absolute atomic E-state index is 14.9. The molecule has 0 aromatic heterocycles. The molecule has 282 valence electrons. The van der Waals surface area contributed by atoms with Gasteiger partial charge in [0, 0.05) is 19.0 Å². The number of likely N-dealkylation sites (tertiary alicyclic amines) is 1. The lowest BCUT2D eigenvalue weighted by atomic mass is 9.96. The lowest BCUT2D eigenvalue weighted by Crippen LogP contribution is -2.59. The molecule has 0 radical (unpaired) electrons. The summed E-state index contributed by atoms with van der Waals surface area (Å²) in [5.41, 5.74) is 3.30. The average Bonchev–Trinajstić information content (AvgIpc) is 3.75. The largest absolute Gasteiger partial charge is 0.467 e. The van der Waals surface area contributed by atoms with Crippen LogP contribution in [0.4, 0.5) is 13.6 Å². The van der Waals surface area contributed by atoms with Crippen molar-refractivity contribution in [2.75, 3.05) is 20.8 Å². The van der Waals surface area contributed by atoms with E-state index in [-0.39, 0.29) is 30.9 Å². The number of benzene rings is 3. The molecule has 1 fully saturated rings. The third-order valence-electron chi connectivity index (χ3n) is 9.94. The van der Waals surface area contributed by atoms with Gasteiger partial charge in [-0.25, -0.2) is 18.4 Å². The molecule has 53 heavy (non-hydrogen) atoms. The number of methoxy groups -OCH3 is 2. The minimum absolute atomic E-state index is 0.122. The summed E-state index contributed by atoms with van der Waals surface area (Å²) < 4.78 is 39.3. The molecule has 4 amide bonds. The summed E-state index contributed by atoms with van der Waals surface area (Å²) in [6.07, 6.45) is -0.446. The Bertz CT molecular complexity index is 1800. The predicted octanol–water partition coefficient (Wildman–Crippen LogP) is 5.16. The standard InChI is InChI=1S/C40H46F2N4O7/c1-22(2)33(37(48)44-34(23(3)4)39(50)52-5)43-36(47)31-16-11-17-45(31)38(49)32(20-24-18-25(41)21-26(42)19-24)46(40(51)53-6)35-29-14-9-7-12-27(29)28-13-8-10-15-30(28)35/h7-10,12-15,18-19,21-23,31-35H,11,16-17,20H2,1-6H3,(H,43,47)(H,44,48)/t31-,32-,33-,34-/m0/s1. The molecular formula is C40H46F2N4O7. The van der Waals surface area contributed by atoms with Crippen molar-refractivity contribution < 1.29 is 42.2 Å². The van der Waals surface area contributed by atoms with Crippen LogP contribution in [0.5, 0.6) is 0 Å². The zero-order chi connectivity index (χ0) is 38.6. The molecule has 0 bridgehead atoms. The van der Waals surface area contributed by atoms with E-state index in [0.29, 0.717) is 6.42 Å². The quantitative estimate of drug-likeness (QED) is 0.246. The van der Waals surface area contributed by atoms with Crippen molar-refractivity contribution >= 4 is 29.8 Å². The van der Waals surface area contributed by atoms with E-state index >= 15 is 0 Å². The number of hydrogen-bond donors (Lipinski definition) is 2. The Morgan fingerprint density at radius 3 is 1.91 bits per heavy atom. The van der Waals surface area contributed by atoms with Crippen molar-refractivity contribution in [2.24, 2.45) is 11.8 Å². The van der Waals surface area contributed by atoms with Gasteiger partial charge in [0.15, 0.2) is 0 Å². The summed E-state index contributed by atoms with van der Waals surface area (Å²) in [4.78, 5) is 71.4. The van der Waals surface area contributed by atoms with Gasteiger partial charge in [-0.15, -0.1) is 0 Å².